The Kier molecular flexibility index (Phi) is 12.9. The molecule has 0 saturated heterocycles. The average molecular weight is 997 g/mol. The third kappa shape index (κ3) is 8.74. The SMILES string of the molecule is COCCn1c(-c2ccc(C(C)C)cc2)nc2c(Br)c(I)cc(OC)c21.COc1cc(C(F)(F)F)c(Br)c2nc(-c3ccc(C(C)C)cc3)n(CC3CC3)c12. The van der Waals surface area contributed by atoms with E-state index in [1.165, 1.54) is 18.2 Å². The number of ether oxygens (including phenoxy) is 3. The summed E-state index contributed by atoms with van der Waals surface area (Å²) in [4.78, 5) is 9.61. The van der Waals surface area contributed by atoms with E-state index in [0.29, 0.717) is 48.8 Å². The molecule has 1 saturated carbocycles. The van der Waals surface area contributed by atoms with Gasteiger partial charge in [0.05, 0.1) is 35.3 Å². The third-order valence-electron chi connectivity index (χ3n) is 9.87. The highest BCUT2D eigenvalue weighted by molar-refractivity contribution is 14.1. The molecule has 7 nitrogen and oxygen atoms in total. The standard InChI is InChI=1S/C22H22BrF3N2O.C20H22BrIN2O2/c1-12(2)14-6-8-15(9-7-14)21-27-19-18(23)16(22(24,25)26)10-17(29-3)20(19)28(21)11-13-4-5-13;1-12(2)13-5-7-14(8-6-13)20-23-18-17(21)15(22)11-16(26-4)19(18)24(20)9-10-25-3/h6-10,12-13H,4-5,11H2,1-3H3;5-8,11-12H,9-10H2,1-4H3. The Bertz CT molecular complexity index is 2300. The van der Waals surface area contributed by atoms with Crippen LogP contribution in [0.4, 0.5) is 13.2 Å². The van der Waals surface area contributed by atoms with Gasteiger partial charge in [0.25, 0.3) is 0 Å². The van der Waals surface area contributed by atoms with Crippen LogP contribution in [0, 0.1) is 9.49 Å². The van der Waals surface area contributed by atoms with Crippen LogP contribution >= 0.6 is 54.5 Å². The van der Waals surface area contributed by atoms with Gasteiger partial charge in [-0.3, -0.25) is 0 Å². The maximum Gasteiger partial charge on any atom is 0.417 e. The first kappa shape index (κ1) is 41.5. The summed E-state index contributed by atoms with van der Waals surface area (Å²) < 4.78 is 63.2. The molecule has 0 radical (unpaired) electrons. The predicted octanol–water partition coefficient (Wildman–Crippen LogP) is 12.9. The van der Waals surface area contributed by atoms with Gasteiger partial charge in [0, 0.05) is 34.9 Å². The molecule has 1 fully saturated rings. The summed E-state index contributed by atoms with van der Waals surface area (Å²) in [6.07, 6.45) is -2.26. The van der Waals surface area contributed by atoms with Gasteiger partial charge in [-0.1, -0.05) is 76.2 Å². The van der Waals surface area contributed by atoms with E-state index in [0.717, 1.165) is 60.7 Å². The first-order chi connectivity index (χ1) is 26.2. The van der Waals surface area contributed by atoms with Crippen LogP contribution < -0.4 is 9.47 Å². The molecule has 0 bridgehead atoms. The molecule has 4 aromatic carbocycles. The van der Waals surface area contributed by atoms with Crippen molar-refractivity contribution in [2.75, 3.05) is 27.9 Å². The van der Waals surface area contributed by atoms with Crippen LogP contribution in [-0.4, -0.2) is 47.0 Å². The van der Waals surface area contributed by atoms with Crippen molar-refractivity contribution in [2.45, 2.75) is 71.6 Å². The van der Waals surface area contributed by atoms with Gasteiger partial charge in [-0.25, -0.2) is 9.97 Å². The molecule has 1 aliphatic rings. The Morgan fingerprint density at radius 2 is 1.22 bits per heavy atom. The highest BCUT2D eigenvalue weighted by Crippen LogP contribution is 2.45. The molecule has 0 spiro atoms. The largest absolute Gasteiger partial charge is 0.494 e. The van der Waals surface area contributed by atoms with E-state index in [1.54, 1.807) is 14.2 Å². The van der Waals surface area contributed by atoms with Gasteiger partial charge in [0.1, 0.15) is 45.2 Å². The number of halogens is 6. The lowest BCUT2D eigenvalue weighted by atomic mass is 10.0. The molecule has 13 heteroatoms. The van der Waals surface area contributed by atoms with E-state index in [4.69, 9.17) is 19.2 Å². The van der Waals surface area contributed by atoms with Gasteiger partial charge in [0.15, 0.2) is 0 Å². The maximum atomic E-state index is 13.5. The Labute approximate surface area is 350 Å². The van der Waals surface area contributed by atoms with Crippen molar-refractivity contribution in [3.05, 3.63) is 89.9 Å². The minimum atomic E-state index is -4.50. The lowest BCUT2D eigenvalue weighted by Crippen LogP contribution is -2.08. The second-order valence-electron chi connectivity index (χ2n) is 14.3. The van der Waals surface area contributed by atoms with Gasteiger partial charge >= 0.3 is 6.18 Å². The molecule has 292 valence electrons. The Hall–Kier alpha value is -3.14. The fourth-order valence-corrected chi connectivity index (χ4v) is 8.14. The number of hydrogen-bond acceptors (Lipinski definition) is 5. The fourth-order valence-electron chi connectivity index (χ4n) is 6.59. The van der Waals surface area contributed by atoms with E-state index in [2.05, 4.69) is 116 Å². The lowest BCUT2D eigenvalue weighted by molar-refractivity contribution is -0.138. The van der Waals surface area contributed by atoms with E-state index >= 15 is 0 Å². The van der Waals surface area contributed by atoms with Gasteiger partial charge in [-0.05, 0) is 108 Å². The number of methoxy groups -OCH3 is 3. The van der Waals surface area contributed by atoms with Gasteiger partial charge in [-0.2, -0.15) is 13.2 Å². The van der Waals surface area contributed by atoms with Crippen molar-refractivity contribution in [1.29, 1.82) is 0 Å². The minimum Gasteiger partial charge on any atom is -0.494 e. The van der Waals surface area contributed by atoms with E-state index < -0.39 is 11.7 Å². The highest BCUT2D eigenvalue weighted by atomic mass is 127. The smallest absolute Gasteiger partial charge is 0.417 e. The average Bonchev–Trinajstić information content (AvgIpc) is 3.79. The number of nitrogens with zero attached hydrogens (tertiary/aromatic N) is 4. The monoisotopic (exact) mass is 994 g/mol. The molecule has 0 atom stereocenters. The van der Waals surface area contributed by atoms with E-state index in [1.807, 2.05) is 34.9 Å². The number of hydrogen-bond donors (Lipinski definition) is 0. The highest BCUT2D eigenvalue weighted by Gasteiger charge is 2.37. The summed E-state index contributed by atoms with van der Waals surface area (Å²) in [7, 11) is 4.81. The van der Waals surface area contributed by atoms with Crippen LogP contribution in [0.15, 0.2) is 69.6 Å². The maximum absolute atomic E-state index is 13.5. The van der Waals surface area contributed by atoms with Gasteiger partial charge in [0.2, 0.25) is 0 Å². The summed E-state index contributed by atoms with van der Waals surface area (Å²) in [5, 5.41) is 0. The number of imidazole rings is 2. The van der Waals surface area contributed by atoms with E-state index in [-0.39, 0.29) is 15.7 Å². The topological polar surface area (TPSA) is 63.3 Å². The Balaban J connectivity index is 0.000000188. The molecule has 6 aromatic rings. The van der Waals surface area contributed by atoms with Gasteiger partial charge in [-0.15, -0.1) is 0 Å². The first-order valence-corrected chi connectivity index (χ1v) is 20.8. The molecule has 55 heavy (non-hydrogen) atoms. The number of benzene rings is 4. The number of fused-ring (bicyclic) bond motifs is 2. The zero-order valence-electron chi connectivity index (χ0n) is 31.8. The summed E-state index contributed by atoms with van der Waals surface area (Å²) in [6, 6.07) is 19.8. The summed E-state index contributed by atoms with van der Waals surface area (Å²) in [5.74, 6) is 4.03. The molecule has 1 aliphatic carbocycles. The molecule has 0 N–H and O–H groups in total. The lowest BCUT2D eigenvalue weighted by Gasteiger charge is -2.14. The van der Waals surface area contributed by atoms with Crippen molar-refractivity contribution in [3.63, 3.8) is 0 Å². The quantitative estimate of drug-likeness (QED) is 0.121. The van der Waals surface area contributed by atoms with Crippen molar-refractivity contribution < 1.29 is 27.4 Å². The van der Waals surface area contributed by atoms with Crippen molar-refractivity contribution in [3.8, 4) is 34.3 Å². The normalized spacial score (nSPS) is 13.2. The molecule has 0 aliphatic heterocycles. The number of alkyl halides is 3. The van der Waals surface area contributed by atoms with Crippen LogP contribution in [-0.2, 0) is 24.0 Å². The van der Waals surface area contributed by atoms with Crippen LogP contribution in [0.25, 0.3) is 44.8 Å². The summed E-state index contributed by atoms with van der Waals surface area (Å²) in [6.45, 7) is 10.7. The molecular weight excluding hydrogens is 952 g/mol. The van der Waals surface area contributed by atoms with Crippen LogP contribution in [0.3, 0.4) is 0 Å². The van der Waals surface area contributed by atoms with Crippen molar-refractivity contribution >= 4 is 76.5 Å². The van der Waals surface area contributed by atoms with Crippen LogP contribution in [0.1, 0.15) is 69.1 Å². The number of aromatic nitrogens is 4. The number of rotatable bonds is 11. The summed E-state index contributed by atoms with van der Waals surface area (Å²) in [5.41, 5.74) is 6.49. The van der Waals surface area contributed by atoms with Crippen molar-refractivity contribution in [1.82, 2.24) is 19.1 Å². The Morgan fingerprint density at radius 1 is 0.745 bits per heavy atom. The molecule has 0 amide bonds. The Morgan fingerprint density at radius 3 is 1.67 bits per heavy atom. The third-order valence-corrected chi connectivity index (χ3v) is 13.1. The zero-order valence-corrected chi connectivity index (χ0v) is 37.2. The van der Waals surface area contributed by atoms with Crippen LogP contribution in [0.5, 0.6) is 11.5 Å². The second kappa shape index (κ2) is 17.2. The zero-order chi connectivity index (χ0) is 39.8. The molecule has 7 rings (SSSR count). The van der Waals surface area contributed by atoms with Gasteiger partial charge < -0.3 is 23.3 Å². The minimum absolute atomic E-state index is 0.0459. The first-order valence-electron chi connectivity index (χ1n) is 18.1. The molecule has 0 unspecified atom stereocenters. The molecular formula is C42H44Br2F3IN4O3. The molecule has 2 aromatic heterocycles. The summed E-state index contributed by atoms with van der Waals surface area (Å²) >= 11 is 9.15. The fraction of sp³-hybridized carbons (Fsp3) is 0.381. The van der Waals surface area contributed by atoms with Crippen LogP contribution in [0.2, 0.25) is 0 Å². The van der Waals surface area contributed by atoms with Crippen molar-refractivity contribution in [2.24, 2.45) is 5.92 Å². The molecule has 2 heterocycles. The second-order valence-corrected chi connectivity index (χ2v) is 17.1. The predicted molar refractivity (Wildman–Crippen MR) is 229 cm³/mol. The van der Waals surface area contributed by atoms with E-state index in [9.17, 15) is 13.2 Å².